The fourth-order valence-electron chi connectivity index (χ4n) is 3.43. The minimum absolute atomic E-state index is 0.144. The Morgan fingerprint density at radius 1 is 1.13 bits per heavy atom. The van der Waals surface area contributed by atoms with Gasteiger partial charge in [0.15, 0.2) is 0 Å². The molecule has 1 aliphatic heterocycles. The number of hydrogen-bond acceptors (Lipinski definition) is 4. The summed E-state index contributed by atoms with van der Waals surface area (Å²) in [5.41, 5.74) is 0.630. The van der Waals surface area contributed by atoms with Gasteiger partial charge in [-0.1, -0.05) is 36.7 Å². The summed E-state index contributed by atoms with van der Waals surface area (Å²) >= 11 is 6.23. The largest absolute Gasteiger partial charge is 0.352 e. The van der Waals surface area contributed by atoms with E-state index in [0.717, 1.165) is 32.0 Å². The molecule has 2 aromatic rings. The van der Waals surface area contributed by atoms with Gasteiger partial charge in [0, 0.05) is 12.1 Å². The van der Waals surface area contributed by atoms with Crippen molar-refractivity contribution in [3.8, 4) is 0 Å². The van der Waals surface area contributed by atoms with Gasteiger partial charge in [-0.25, -0.2) is 8.42 Å². The van der Waals surface area contributed by atoms with Gasteiger partial charge in [-0.05, 0) is 75.1 Å². The van der Waals surface area contributed by atoms with E-state index in [-0.39, 0.29) is 21.5 Å². The molecule has 6 nitrogen and oxygen atoms in total. The van der Waals surface area contributed by atoms with Gasteiger partial charge in [0.1, 0.15) is 0 Å². The first-order chi connectivity index (χ1) is 14.3. The lowest BCUT2D eigenvalue weighted by atomic mass is 9.99. The summed E-state index contributed by atoms with van der Waals surface area (Å²) in [4.78, 5) is 15.0. The Morgan fingerprint density at radius 2 is 1.83 bits per heavy atom. The summed E-state index contributed by atoms with van der Waals surface area (Å²) < 4.78 is 27.3. The van der Waals surface area contributed by atoms with Crippen molar-refractivity contribution in [3.05, 3.63) is 59.1 Å². The van der Waals surface area contributed by atoms with E-state index >= 15 is 0 Å². The lowest BCUT2D eigenvalue weighted by Gasteiger charge is -2.30. The Balaban J connectivity index is 1.51. The molecule has 0 aliphatic carbocycles. The van der Waals surface area contributed by atoms with Gasteiger partial charge < -0.3 is 10.2 Å². The molecule has 30 heavy (non-hydrogen) atoms. The number of halogens is 1. The molecule has 2 N–H and O–H groups in total. The average molecular weight is 450 g/mol. The van der Waals surface area contributed by atoms with Crippen LogP contribution in [0.1, 0.15) is 36.5 Å². The maximum atomic E-state index is 12.4. The molecule has 0 saturated carbocycles. The molecule has 0 atom stereocenters. The highest BCUT2D eigenvalue weighted by Crippen LogP contribution is 2.26. The number of nitrogens with zero attached hydrogens (tertiary/aromatic N) is 1. The molecule has 3 rings (SSSR count). The molecule has 162 valence electrons. The monoisotopic (exact) mass is 449 g/mol. The Bertz CT molecular complexity index is 959. The molecule has 1 fully saturated rings. The normalized spacial score (nSPS) is 15.7. The maximum Gasteiger partial charge on any atom is 0.261 e. The van der Waals surface area contributed by atoms with Gasteiger partial charge in [0.05, 0.1) is 15.6 Å². The zero-order chi connectivity index (χ0) is 21.6. The number of carbonyl (C=O) groups is 1. The van der Waals surface area contributed by atoms with Crippen LogP contribution in [0.4, 0.5) is 5.69 Å². The van der Waals surface area contributed by atoms with E-state index in [4.69, 9.17) is 11.6 Å². The van der Waals surface area contributed by atoms with E-state index in [2.05, 4.69) is 21.9 Å². The van der Waals surface area contributed by atoms with Crippen LogP contribution in [0.2, 0.25) is 5.02 Å². The van der Waals surface area contributed by atoms with E-state index in [9.17, 15) is 13.2 Å². The number of likely N-dealkylation sites (tertiary alicyclic amines) is 1. The van der Waals surface area contributed by atoms with Crippen LogP contribution in [-0.2, 0) is 10.0 Å². The lowest BCUT2D eigenvalue weighted by molar-refractivity contribution is 0.0950. The molecule has 1 amide bonds. The fraction of sp³-hybridized carbons (Fsp3) is 0.409. The molecular weight excluding hydrogens is 422 g/mol. The lowest BCUT2D eigenvalue weighted by Crippen LogP contribution is -2.35. The smallest absolute Gasteiger partial charge is 0.261 e. The summed E-state index contributed by atoms with van der Waals surface area (Å²) in [6.07, 6.45) is 3.37. The van der Waals surface area contributed by atoms with Gasteiger partial charge in [-0.3, -0.25) is 9.52 Å². The van der Waals surface area contributed by atoms with Gasteiger partial charge in [0.25, 0.3) is 15.9 Å². The van der Waals surface area contributed by atoms with E-state index < -0.39 is 10.0 Å². The van der Waals surface area contributed by atoms with Crippen LogP contribution in [-0.4, -0.2) is 45.4 Å². The first kappa shape index (κ1) is 22.6. The van der Waals surface area contributed by atoms with E-state index in [1.165, 1.54) is 37.1 Å². The van der Waals surface area contributed by atoms with Crippen molar-refractivity contribution < 1.29 is 13.2 Å². The SMILES string of the molecule is CC1CCN(CCCNC(=O)c2ccc(NS(=O)(=O)c3ccccc3)c(Cl)c2)CC1. The number of amides is 1. The zero-order valence-electron chi connectivity index (χ0n) is 17.1. The van der Waals surface area contributed by atoms with Crippen LogP contribution >= 0.6 is 11.6 Å². The molecule has 2 aromatic carbocycles. The van der Waals surface area contributed by atoms with E-state index in [1.54, 1.807) is 24.3 Å². The number of sulfonamides is 1. The quantitative estimate of drug-likeness (QED) is 0.597. The van der Waals surface area contributed by atoms with Crippen molar-refractivity contribution >= 4 is 33.2 Å². The molecular formula is C22H28ClN3O3S. The highest BCUT2D eigenvalue weighted by Gasteiger charge is 2.17. The molecule has 0 aromatic heterocycles. The zero-order valence-corrected chi connectivity index (χ0v) is 18.7. The fourth-order valence-corrected chi connectivity index (χ4v) is 4.82. The molecule has 1 aliphatic rings. The molecule has 1 heterocycles. The Labute approximate surface area is 183 Å². The predicted octanol–water partition coefficient (Wildman–Crippen LogP) is 3.99. The average Bonchev–Trinajstić information content (AvgIpc) is 2.74. The van der Waals surface area contributed by atoms with Crippen molar-refractivity contribution in [2.45, 2.75) is 31.1 Å². The van der Waals surface area contributed by atoms with Gasteiger partial charge in [-0.15, -0.1) is 0 Å². The summed E-state index contributed by atoms with van der Waals surface area (Å²) in [7, 11) is -3.74. The summed E-state index contributed by atoms with van der Waals surface area (Å²) in [6, 6.07) is 12.6. The molecule has 1 saturated heterocycles. The Hall–Kier alpha value is -2.09. The second kappa shape index (κ2) is 10.3. The highest BCUT2D eigenvalue weighted by molar-refractivity contribution is 7.92. The standard InChI is InChI=1S/C22H28ClN3O3S/c1-17-10-14-26(15-11-17)13-5-12-24-22(27)18-8-9-21(20(23)16-18)25-30(28,29)19-6-3-2-4-7-19/h2-4,6-9,16-17,25H,5,10-15H2,1H3,(H,24,27). The van der Waals surface area contributed by atoms with Crippen molar-refractivity contribution in [2.24, 2.45) is 5.92 Å². The molecule has 0 bridgehead atoms. The molecule has 8 heteroatoms. The van der Waals surface area contributed by atoms with Crippen molar-refractivity contribution in [1.29, 1.82) is 0 Å². The van der Waals surface area contributed by atoms with E-state index in [0.29, 0.717) is 12.1 Å². The number of benzene rings is 2. The van der Waals surface area contributed by atoms with Gasteiger partial charge in [-0.2, -0.15) is 0 Å². The third kappa shape index (κ3) is 6.20. The first-order valence-electron chi connectivity index (χ1n) is 10.2. The first-order valence-corrected chi connectivity index (χ1v) is 12.1. The van der Waals surface area contributed by atoms with Crippen LogP contribution in [0.25, 0.3) is 0 Å². The Morgan fingerprint density at radius 3 is 2.50 bits per heavy atom. The predicted molar refractivity (Wildman–Crippen MR) is 120 cm³/mol. The molecule has 0 unspecified atom stereocenters. The van der Waals surface area contributed by atoms with Crippen LogP contribution in [0, 0.1) is 5.92 Å². The topological polar surface area (TPSA) is 78.5 Å². The number of anilines is 1. The summed E-state index contributed by atoms with van der Waals surface area (Å²) in [5, 5.41) is 3.08. The highest BCUT2D eigenvalue weighted by atomic mass is 35.5. The molecule has 0 radical (unpaired) electrons. The molecule has 0 spiro atoms. The number of piperidine rings is 1. The summed E-state index contributed by atoms with van der Waals surface area (Å²) in [5.74, 6) is 0.590. The maximum absolute atomic E-state index is 12.4. The number of carbonyl (C=O) groups excluding carboxylic acids is 1. The van der Waals surface area contributed by atoms with E-state index in [1.807, 2.05) is 0 Å². The third-order valence-corrected chi connectivity index (χ3v) is 7.04. The second-order valence-electron chi connectivity index (χ2n) is 7.75. The third-order valence-electron chi connectivity index (χ3n) is 5.34. The van der Waals surface area contributed by atoms with Gasteiger partial charge in [0.2, 0.25) is 0 Å². The minimum Gasteiger partial charge on any atom is -0.352 e. The van der Waals surface area contributed by atoms with Crippen molar-refractivity contribution in [3.63, 3.8) is 0 Å². The van der Waals surface area contributed by atoms with Crippen molar-refractivity contribution in [2.75, 3.05) is 30.9 Å². The number of nitrogens with one attached hydrogen (secondary N) is 2. The minimum atomic E-state index is -3.74. The number of hydrogen-bond donors (Lipinski definition) is 2. The van der Waals surface area contributed by atoms with Crippen LogP contribution in [0.3, 0.4) is 0 Å². The number of rotatable bonds is 8. The van der Waals surface area contributed by atoms with Crippen LogP contribution < -0.4 is 10.0 Å². The van der Waals surface area contributed by atoms with Crippen LogP contribution in [0.5, 0.6) is 0 Å². The van der Waals surface area contributed by atoms with Gasteiger partial charge >= 0.3 is 0 Å². The van der Waals surface area contributed by atoms with Crippen molar-refractivity contribution in [1.82, 2.24) is 10.2 Å². The Kier molecular flexibility index (Phi) is 7.75. The second-order valence-corrected chi connectivity index (χ2v) is 9.84. The summed E-state index contributed by atoms with van der Waals surface area (Å²) in [6.45, 7) is 6.12. The van der Waals surface area contributed by atoms with Crippen LogP contribution in [0.15, 0.2) is 53.4 Å².